The van der Waals surface area contributed by atoms with E-state index in [1.807, 2.05) is 6.92 Å². The van der Waals surface area contributed by atoms with E-state index in [-0.39, 0.29) is 18.1 Å². The average Bonchev–Trinajstić information content (AvgIpc) is 3.20. The third-order valence-electron chi connectivity index (χ3n) is 5.05. The Balaban J connectivity index is 1.91. The molecule has 1 aromatic heterocycles. The molecule has 4 atom stereocenters. The Hall–Kier alpha value is -0.910. The third kappa shape index (κ3) is 2.51. The van der Waals surface area contributed by atoms with Gasteiger partial charge in [-0.05, 0) is 38.1 Å². The fraction of sp³-hybridized carbons (Fsp3) is 0.688. The van der Waals surface area contributed by atoms with Gasteiger partial charge in [-0.25, -0.2) is 0 Å². The molecule has 1 amide bonds. The second kappa shape index (κ2) is 5.71. The molecule has 4 unspecified atom stereocenters. The highest BCUT2D eigenvalue weighted by Gasteiger charge is 2.50. The molecule has 2 aliphatic heterocycles. The minimum absolute atomic E-state index is 0.00181. The fourth-order valence-corrected chi connectivity index (χ4v) is 4.10. The molecule has 0 aliphatic carbocycles. The molecule has 1 aromatic rings. The van der Waals surface area contributed by atoms with E-state index in [1.54, 1.807) is 11.3 Å². The number of amides is 1. The van der Waals surface area contributed by atoms with Gasteiger partial charge in [-0.3, -0.25) is 10.1 Å². The zero-order chi connectivity index (χ0) is 15.0. The van der Waals surface area contributed by atoms with Crippen molar-refractivity contribution in [2.24, 2.45) is 5.92 Å². The summed E-state index contributed by atoms with van der Waals surface area (Å²) in [6.07, 6.45) is 1.85. The molecule has 116 valence electrons. The normalized spacial score (nSPS) is 34.6. The molecule has 0 radical (unpaired) electrons. The molecule has 0 aromatic carbocycles. The summed E-state index contributed by atoms with van der Waals surface area (Å²) in [6, 6.07) is 4.37. The lowest BCUT2D eigenvalue weighted by molar-refractivity contribution is -0.135. The van der Waals surface area contributed by atoms with Crippen LogP contribution < -0.4 is 5.32 Å². The van der Waals surface area contributed by atoms with Crippen molar-refractivity contribution in [1.82, 2.24) is 10.2 Å². The number of nitrogens with one attached hydrogen (secondary N) is 1. The van der Waals surface area contributed by atoms with Crippen LogP contribution in [0.1, 0.15) is 44.7 Å². The van der Waals surface area contributed by atoms with Gasteiger partial charge in [-0.15, -0.1) is 11.3 Å². The van der Waals surface area contributed by atoms with Crippen molar-refractivity contribution in [1.29, 1.82) is 0 Å². The average molecular weight is 308 g/mol. The molecule has 3 rings (SSSR count). The molecule has 0 bridgehead atoms. The van der Waals surface area contributed by atoms with Gasteiger partial charge in [-0.2, -0.15) is 0 Å². The smallest absolute Gasteiger partial charge is 0.244 e. The van der Waals surface area contributed by atoms with Gasteiger partial charge in [0.25, 0.3) is 0 Å². The van der Waals surface area contributed by atoms with Crippen molar-refractivity contribution in [3.63, 3.8) is 0 Å². The molecule has 0 spiro atoms. The number of carbonyl (C=O) groups excluding carboxylic acids is 1. The highest BCUT2D eigenvalue weighted by molar-refractivity contribution is 7.10. The minimum atomic E-state index is -0.456. The zero-order valence-corrected chi connectivity index (χ0v) is 13.8. The van der Waals surface area contributed by atoms with E-state index in [1.165, 1.54) is 4.88 Å². The molecular weight excluding hydrogens is 284 g/mol. The van der Waals surface area contributed by atoms with Gasteiger partial charge in [0.2, 0.25) is 5.91 Å². The van der Waals surface area contributed by atoms with Crippen LogP contribution in [0.5, 0.6) is 0 Å². The van der Waals surface area contributed by atoms with Gasteiger partial charge in [0.1, 0.15) is 6.17 Å². The summed E-state index contributed by atoms with van der Waals surface area (Å²) in [7, 11) is 0. The second-order valence-electron chi connectivity index (χ2n) is 6.32. The zero-order valence-electron chi connectivity index (χ0n) is 13.0. The van der Waals surface area contributed by atoms with E-state index < -0.39 is 5.54 Å². The van der Waals surface area contributed by atoms with E-state index in [0.717, 1.165) is 26.1 Å². The van der Waals surface area contributed by atoms with Gasteiger partial charge in [0.15, 0.2) is 0 Å². The maximum atomic E-state index is 13.0. The Kier molecular flexibility index (Phi) is 4.08. The maximum absolute atomic E-state index is 13.0. The first-order chi connectivity index (χ1) is 10.1. The lowest BCUT2D eigenvalue weighted by Crippen LogP contribution is -2.46. The molecule has 2 saturated heterocycles. The van der Waals surface area contributed by atoms with E-state index in [4.69, 9.17) is 4.74 Å². The number of rotatable bonds is 4. The third-order valence-corrected chi connectivity index (χ3v) is 5.97. The topological polar surface area (TPSA) is 41.6 Å². The van der Waals surface area contributed by atoms with Crippen LogP contribution in [0, 0.1) is 5.92 Å². The SMILES string of the molecule is CCC1(C)NC(c2cccs2)N(C(C)C2CCOC2)C1=O. The van der Waals surface area contributed by atoms with Crippen molar-refractivity contribution >= 4 is 17.2 Å². The summed E-state index contributed by atoms with van der Waals surface area (Å²) >= 11 is 1.71. The standard InChI is InChI=1S/C16H24N2O2S/c1-4-16(3)15(19)18(11(2)12-7-8-20-10-12)14(17-16)13-6-5-9-21-13/h5-6,9,11-12,14,17H,4,7-8,10H2,1-3H3. The van der Waals surface area contributed by atoms with Crippen LogP contribution >= 0.6 is 11.3 Å². The van der Waals surface area contributed by atoms with Crippen molar-refractivity contribution in [3.8, 4) is 0 Å². The Morgan fingerprint density at radius 1 is 1.62 bits per heavy atom. The Labute approximate surface area is 130 Å². The number of hydrogen-bond donors (Lipinski definition) is 1. The second-order valence-corrected chi connectivity index (χ2v) is 7.30. The van der Waals surface area contributed by atoms with Crippen LogP contribution in [-0.4, -0.2) is 35.6 Å². The van der Waals surface area contributed by atoms with Gasteiger partial charge in [0.05, 0.1) is 12.1 Å². The summed E-state index contributed by atoms with van der Waals surface area (Å²) < 4.78 is 5.52. The first-order valence-electron chi connectivity index (χ1n) is 7.78. The molecule has 21 heavy (non-hydrogen) atoms. The molecule has 1 N–H and O–H groups in total. The lowest BCUT2D eigenvalue weighted by atomic mass is 9.95. The van der Waals surface area contributed by atoms with Crippen LogP contribution in [0.2, 0.25) is 0 Å². The summed E-state index contributed by atoms with van der Waals surface area (Å²) in [5, 5.41) is 5.64. The highest BCUT2D eigenvalue weighted by Crippen LogP contribution is 2.38. The number of hydrogen-bond acceptors (Lipinski definition) is 4. The minimum Gasteiger partial charge on any atom is -0.381 e. The number of carbonyl (C=O) groups is 1. The maximum Gasteiger partial charge on any atom is 0.244 e. The van der Waals surface area contributed by atoms with Gasteiger partial charge < -0.3 is 9.64 Å². The first kappa shape index (κ1) is 15.0. The Morgan fingerprint density at radius 3 is 3.00 bits per heavy atom. The molecule has 0 saturated carbocycles. The summed E-state index contributed by atoms with van der Waals surface area (Å²) in [5.74, 6) is 0.667. The van der Waals surface area contributed by atoms with Crippen molar-refractivity contribution in [2.45, 2.75) is 51.4 Å². The summed E-state index contributed by atoms with van der Waals surface area (Å²) in [5.41, 5.74) is -0.456. The van der Waals surface area contributed by atoms with Crippen LogP contribution in [0.15, 0.2) is 17.5 Å². The van der Waals surface area contributed by atoms with Crippen LogP contribution in [-0.2, 0) is 9.53 Å². The van der Waals surface area contributed by atoms with E-state index >= 15 is 0 Å². The molecule has 2 aliphatic rings. The van der Waals surface area contributed by atoms with E-state index in [9.17, 15) is 4.79 Å². The van der Waals surface area contributed by atoms with Crippen LogP contribution in [0.4, 0.5) is 0 Å². The number of nitrogens with zero attached hydrogens (tertiary/aromatic N) is 1. The number of thiophene rings is 1. The van der Waals surface area contributed by atoms with E-state index in [2.05, 4.69) is 41.6 Å². The predicted octanol–water partition coefficient (Wildman–Crippen LogP) is 2.77. The Bertz CT molecular complexity index is 498. The predicted molar refractivity (Wildman–Crippen MR) is 84.1 cm³/mol. The summed E-state index contributed by atoms with van der Waals surface area (Å²) in [6.45, 7) is 7.85. The number of ether oxygens (including phenoxy) is 1. The molecule has 4 nitrogen and oxygen atoms in total. The molecule has 3 heterocycles. The van der Waals surface area contributed by atoms with Crippen molar-refractivity contribution in [3.05, 3.63) is 22.4 Å². The van der Waals surface area contributed by atoms with Crippen molar-refractivity contribution in [2.75, 3.05) is 13.2 Å². The quantitative estimate of drug-likeness (QED) is 0.930. The fourth-order valence-electron chi connectivity index (χ4n) is 3.32. The molecule has 2 fully saturated rings. The van der Waals surface area contributed by atoms with Gasteiger partial charge >= 0.3 is 0 Å². The first-order valence-corrected chi connectivity index (χ1v) is 8.66. The largest absolute Gasteiger partial charge is 0.381 e. The van der Waals surface area contributed by atoms with Crippen LogP contribution in [0.25, 0.3) is 0 Å². The Morgan fingerprint density at radius 2 is 2.43 bits per heavy atom. The van der Waals surface area contributed by atoms with E-state index in [0.29, 0.717) is 5.92 Å². The lowest BCUT2D eigenvalue weighted by Gasteiger charge is -2.33. The van der Waals surface area contributed by atoms with Crippen molar-refractivity contribution < 1.29 is 9.53 Å². The van der Waals surface area contributed by atoms with Gasteiger partial charge in [-0.1, -0.05) is 13.0 Å². The van der Waals surface area contributed by atoms with Gasteiger partial charge in [0, 0.05) is 23.4 Å². The highest BCUT2D eigenvalue weighted by atomic mass is 32.1. The summed E-state index contributed by atoms with van der Waals surface area (Å²) in [4.78, 5) is 16.3. The molecule has 5 heteroatoms. The van der Waals surface area contributed by atoms with Crippen LogP contribution in [0.3, 0.4) is 0 Å². The monoisotopic (exact) mass is 308 g/mol. The molecular formula is C16H24N2O2S.